The molecule has 1 radical (unpaired) electrons. The van der Waals surface area contributed by atoms with Gasteiger partial charge >= 0.3 is 0 Å². The van der Waals surface area contributed by atoms with Gasteiger partial charge in [0.15, 0.2) is 0 Å². The Bertz CT molecular complexity index is 1060. The first kappa shape index (κ1) is 20.2. The number of pyridine rings is 1. The van der Waals surface area contributed by atoms with Crippen molar-refractivity contribution in [2.75, 3.05) is 23.7 Å². The monoisotopic (exact) mass is 412 g/mol. The van der Waals surface area contributed by atoms with E-state index < -0.39 is 0 Å². The minimum absolute atomic E-state index is 0.0835. The molecule has 7 heteroatoms. The molecule has 1 saturated heterocycles. The highest BCUT2D eigenvalue weighted by Gasteiger charge is 2.27. The lowest BCUT2D eigenvalue weighted by Gasteiger charge is -2.20. The molecule has 0 spiro atoms. The van der Waals surface area contributed by atoms with Gasteiger partial charge in [-0.15, -0.1) is 0 Å². The molecule has 0 unspecified atom stereocenters. The van der Waals surface area contributed by atoms with Crippen LogP contribution in [0.2, 0.25) is 0 Å². The summed E-state index contributed by atoms with van der Waals surface area (Å²) in [6.07, 6.45) is 3.35. The second-order valence-corrected chi connectivity index (χ2v) is 7.12. The van der Waals surface area contributed by atoms with Gasteiger partial charge in [0.25, 0.3) is 0 Å². The molecule has 2 N–H and O–H groups in total. The molecule has 0 saturated carbocycles. The normalized spacial score (nSPS) is 15.2. The number of likely N-dealkylation sites (tertiary alicyclic amines) is 1. The lowest BCUT2D eigenvalue weighted by Crippen LogP contribution is -2.38. The van der Waals surface area contributed by atoms with E-state index in [9.17, 15) is 4.79 Å². The van der Waals surface area contributed by atoms with Crippen LogP contribution in [0.25, 0.3) is 0 Å². The van der Waals surface area contributed by atoms with Crippen LogP contribution in [0.15, 0.2) is 66.9 Å². The largest absolute Gasteiger partial charge is 0.457 e. The van der Waals surface area contributed by atoms with Gasteiger partial charge in [-0.05, 0) is 61.4 Å². The van der Waals surface area contributed by atoms with E-state index in [0.717, 1.165) is 24.3 Å². The fourth-order valence-corrected chi connectivity index (χ4v) is 3.40. The Kier molecular flexibility index (Phi) is 6.29. The first-order chi connectivity index (χ1) is 15.2. The summed E-state index contributed by atoms with van der Waals surface area (Å²) in [6, 6.07) is 23.7. The molecule has 1 aliphatic rings. The molecule has 31 heavy (non-hydrogen) atoms. The van der Waals surface area contributed by atoms with Crippen molar-refractivity contribution in [3.8, 4) is 17.6 Å². The van der Waals surface area contributed by atoms with E-state index in [0.29, 0.717) is 23.7 Å². The Morgan fingerprint density at radius 3 is 2.84 bits per heavy atom. The predicted octanol–water partition coefficient (Wildman–Crippen LogP) is 4.34. The highest BCUT2D eigenvalue weighted by Crippen LogP contribution is 2.26. The van der Waals surface area contributed by atoms with Crippen LogP contribution in [0.1, 0.15) is 12.8 Å². The van der Waals surface area contributed by atoms with E-state index in [1.165, 1.54) is 0 Å². The number of nitrogens with one attached hydrogen (secondary N) is 2. The topological polar surface area (TPSA) is 90.3 Å². The lowest BCUT2D eigenvalue weighted by atomic mass is 10.2. The van der Waals surface area contributed by atoms with Crippen LogP contribution in [-0.4, -0.2) is 34.9 Å². The number of benzene rings is 2. The number of carbonyl (C=O) groups excluding carboxylic acids is 1. The molecular weight excluding hydrogens is 390 g/mol. The molecule has 1 atom stereocenters. The van der Waals surface area contributed by atoms with Gasteiger partial charge in [0.05, 0.1) is 18.7 Å². The van der Waals surface area contributed by atoms with Gasteiger partial charge in [-0.2, -0.15) is 5.26 Å². The lowest BCUT2D eigenvalue weighted by molar-refractivity contribution is -0.129. The zero-order chi connectivity index (χ0) is 21.5. The van der Waals surface area contributed by atoms with Gasteiger partial charge < -0.3 is 20.3 Å². The van der Waals surface area contributed by atoms with Crippen molar-refractivity contribution in [2.24, 2.45) is 0 Å². The highest BCUT2D eigenvalue weighted by molar-refractivity contribution is 5.81. The van der Waals surface area contributed by atoms with Crippen molar-refractivity contribution < 1.29 is 9.53 Å². The number of hydrogen-bond acceptors (Lipinski definition) is 6. The van der Waals surface area contributed by atoms with E-state index in [4.69, 9.17) is 10.00 Å². The van der Waals surface area contributed by atoms with Gasteiger partial charge in [0.2, 0.25) is 5.91 Å². The molecule has 3 aromatic rings. The third kappa shape index (κ3) is 5.31. The number of hydrogen-bond donors (Lipinski definition) is 2. The van der Waals surface area contributed by atoms with Crippen molar-refractivity contribution >= 4 is 23.1 Å². The van der Waals surface area contributed by atoms with E-state index in [1.807, 2.05) is 54.6 Å². The molecule has 7 nitrogen and oxygen atoms in total. The molecule has 0 bridgehead atoms. The second kappa shape index (κ2) is 9.63. The smallest absolute Gasteiger partial charge is 0.242 e. The summed E-state index contributed by atoms with van der Waals surface area (Å²) in [5.74, 6) is 1.90. The number of rotatable bonds is 7. The highest BCUT2D eigenvalue weighted by atomic mass is 16.5. The van der Waals surface area contributed by atoms with Crippen LogP contribution < -0.4 is 15.4 Å². The number of carbonyl (C=O) groups is 1. The number of ether oxygens (including phenoxy) is 1. The van der Waals surface area contributed by atoms with Crippen LogP contribution >= 0.6 is 0 Å². The summed E-state index contributed by atoms with van der Waals surface area (Å²) in [4.78, 5) is 18.3. The number of nitrogens with zero attached hydrogens (tertiary/aromatic N) is 3. The van der Waals surface area contributed by atoms with Gasteiger partial charge in [-0.1, -0.05) is 12.1 Å². The summed E-state index contributed by atoms with van der Waals surface area (Å²) >= 11 is 0. The van der Waals surface area contributed by atoms with Crippen LogP contribution in [0.3, 0.4) is 0 Å². The number of nitriles is 1. The zero-order valence-electron chi connectivity index (χ0n) is 16.9. The van der Waals surface area contributed by atoms with Crippen molar-refractivity contribution in [3.05, 3.63) is 72.9 Å². The summed E-state index contributed by atoms with van der Waals surface area (Å²) in [6.45, 7) is 0.753. The van der Waals surface area contributed by atoms with E-state index in [1.54, 1.807) is 17.2 Å². The first-order valence-electron chi connectivity index (χ1n) is 10.1. The maximum absolute atomic E-state index is 12.4. The Hall–Kier alpha value is -4.05. The fraction of sp³-hybridized carbons (Fsp3) is 0.208. The van der Waals surface area contributed by atoms with E-state index >= 15 is 0 Å². The van der Waals surface area contributed by atoms with Crippen molar-refractivity contribution in [1.82, 2.24) is 9.88 Å². The van der Waals surface area contributed by atoms with Crippen LogP contribution in [-0.2, 0) is 4.79 Å². The average molecular weight is 412 g/mol. The number of amides is 1. The van der Waals surface area contributed by atoms with Crippen LogP contribution in [0, 0.1) is 17.4 Å². The summed E-state index contributed by atoms with van der Waals surface area (Å²) in [5.41, 5.74) is 1.56. The van der Waals surface area contributed by atoms with Gasteiger partial charge in [0.1, 0.15) is 23.4 Å². The summed E-state index contributed by atoms with van der Waals surface area (Å²) in [5, 5.41) is 15.4. The zero-order valence-corrected chi connectivity index (χ0v) is 16.9. The van der Waals surface area contributed by atoms with Gasteiger partial charge in [-0.25, -0.2) is 4.98 Å². The van der Waals surface area contributed by atoms with Crippen LogP contribution in [0.5, 0.6) is 11.5 Å². The maximum Gasteiger partial charge on any atom is 0.242 e. The number of aromatic nitrogens is 1. The Labute approximate surface area is 181 Å². The second-order valence-electron chi connectivity index (χ2n) is 7.12. The number of anilines is 3. The van der Waals surface area contributed by atoms with Crippen molar-refractivity contribution in [2.45, 2.75) is 18.9 Å². The summed E-state index contributed by atoms with van der Waals surface area (Å²) in [7, 11) is 0. The van der Waals surface area contributed by atoms with Gasteiger partial charge in [-0.3, -0.25) is 4.79 Å². The minimum Gasteiger partial charge on any atom is -0.457 e. The molecule has 1 aliphatic heterocycles. The Balaban J connectivity index is 1.33. The first-order valence-corrected chi connectivity index (χ1v) is 10.1. The van der Waals surface area contributed by atoms with E-state index in [2.05, 4.69) is 27.8 Å². The minimum atomic E-state index is -0.317. The predicted molar refractivity (Wildman–Crippen MR) is 118 cm³/mol. The molecule has 155 valence electrons. The Morgan fingerprint density at radius 2 is 2.06 bits per heavy atom. The third-order valence-electron chi connectivity index (χ3n) is 4.94. The van der Waals surface area contributed by atoms with Crippen molar-refractivity contribution in [3.63, 3.8) is 0 Å². The standard InChI is InChI=1S/C24H22N5O2/c25-16-20-6-4-14-29(20)24(30)17-27-19-5-3-7-22(15-19)31-21-11-9-18(10-12-21)28-23-8-1-2-13-26-23/h1-3,5,7-13,20,27H,4,6,14,17H2,(H,26,28)/t20-/m0/s1. The Morgan fingerprint density at radius 1 is 1.19 bits per heavy atom. The van der Waals surface area contributed by atoms with Crippen LogP contribution in [0.4, 0.5) is 17.2 Å². The van der Waals surface area contributed by atoms with Gasteiger partial charge in [0, 0.05) is 24.1 Å². The molecule has 1 aromatic heterocycles. The molecule has 2 aromatic carbocycles. The SMILES string of the molecule is N#C[C@@H]1CCCN1C(=O)CNc1[c]c(Oc2ccc(Nc3ccccn3)cc2)ccc1. The molecular formula is C24H22N5O2. The van der Waals surface area contributed by atoms with Crippen molar-refractivity contribution in [1.29, 1.82) is 5.26 Å². The molecule has 1 fully saturated rings. The molecule has 4 rings (SSSR count). The van der Waals surface area contributed by atoms with E-state index in [-0.39, 0.29) is 18.5 Å². The molecule has 0 aliphatic carbocycles. The average Bonchev–Trinajstić information content (AvgIpc) is 3.29. The third-order valence-corrected chi connectivity index (χ3v) is 4.94. The molecule has 2 heterocycles. The molecule has 1 amide bonds. The quantitative estimate of drug-likeness (QED) is 0.600. The summed E-state index contributed by atoms with van der Waals surface area (Å²) < 4.78 is 5.89. The fourth-order valence-electron chi connectivity index (χ4n) is 3.40. The maximum atomic E-state index is 12.4.